The fraction of sp³-hybridized carbons (Fsp3) is 0.409. The van der Waals surface area contributed by atoms with E-state index in [0.29, 0.717) is 22.4 Å². The highest BCUT2D eigenvalue weighted by molar-refractivity contribution is 8.00. The van der Waals surface area contributed by atoms with Crippen molar-refractivity contribution in [2.75, 3.05) is 5.32 Å². The molecule has 1 amide bonds. The van der Waals surface area contributed by atoms with Gasteiger partial charge in [-0.05, 0) is 56.2 Å². The smallest absolute Gasteiger partial charge is 0.387 e. The first-order chi connectivity index (χ1) is 15.5. The van der Waals surface area contributed by atoms with E-state index < -0.39 is 11.9 Å². The lowest BCUT2D eigenvalue weighted by Crippen LogP contribution is -2.23. The maximum atomic E-state index is 12.7. The number of carbonyl (C=O) groups excluding carboxylic acids is 1. The minimum atomic E-state index is -2.89. The Morgan fingerprint density at radius 1 is 1.19 bits per heavy atom. The van der Waals surface area contributed by atoms with E-state index in [1.165, 1.54) is 42.4 Å². The molecule has 1 aromatic carbocycles. The highest BCUT2D eigenvalue weighted by Gasteiger charge is 2.27. The molecule has 170 valence electrons. The van der Waals surface area contributed by atoms with E-state index in [-0.39, 0.29) is 17.7 Å². The van der Waals surface area contributed by atoms with Crippen LogP contribution in [0.1, 0.15) is 45.1 Å². The van der Waals surface area contributed by atoms with Gasteiger partial charge in [0.2, 0.25) is 11.7 Å². The van der Waals surface area contributed by atoms with Crippen molar-refractivity contribution in [1.29, 1.82) is 0 Å². The number of rotatable bonds is 8. The van der Waals surface area contributed by atoms with Gasteiger partial charge in [0, 0.05) is 11.7 Å². The number of halogens is 2. The van der Waals surface area contributed by atoms with Crippen molar-refractivity contribution in [3.05, 3.63) is 42.7 Å². The van der Waals surface area contributed by atoms with Crippen LogP contribution in [0.4, 0.5) is 14.5 Å². The van der Waals surface area contributed by atoms with Gasteiger partial charge in [0.05, 0.1) is 11.5 Å². The monoisotopic (exact) mass is 462 g/mol. The Bertz CT molecular complexity index is 1020. The number of anilines is 1. The van der Waals surface area contributed by atoms with Crippen LogP contribution in [0.3, 0.4) is 0 Å². The number of hydrogen-bond acceptors (Lipinski definition) is 6. The van der Waals surface area contributed by atoms with Crippen LogP contribution in [-0.4, -0.2) is 32.5 Å². The number of ether oxygens (including phenoxy) is 1. The molecule has 2 aromatic heterocycles. The summed E-state index contributed by atoms with van der Waals surface area (Å²) < 4.78 is 36.6. The lowest BCUT2D eigenvalue weighted by Gasteiger charge is -2.25. The molecule has 0 aliphatic heterocycles. The van der Waals surface area contributed by atoms with Crippen LogP contribution >= 0.6 is 11.8 Å². The minimum Gasteiger partial charge on any atom is -0.461 e. The van der Waals surface area contributed by atoms with Crippen molar-refractivity contribution in [3.8, 4) is 17.3 Å². The maximum absolute atomic E-state index is 12.7. The zero-order valence-electron chi connectivity index (χ0n) is 17.5. The first kappa shape index (κ1) is 22.3. The average molecular weight is 463 g/mol. The molecule has 0 radical (unpaired) electrons. The fourth-order valence-electron chi connectivity index (χ4n) is 3.77. The maximum Gasteiger partial charge on any atom is 0.387 e. The highest BCUT2D eigenvalue weighted by Crippen LogP contribution is 2.36. The third-order valence-electron chi connectivity index (χ3n) is 5.34. The van der Waals surface area contributed by atoms with E-state index in [0.717, 1.165) is 25.7 Å². The molecule has 10 heteroatoms. The summed E-state index contributed by atoms with van der Waals surface area (Å²) in [6.45, 7) is -1.10. The molecule has 0 spiro atoms. The minimum absolute atomic E-state index is 0.0338. The second kappa shape index (κ2) is 10.2. The largest absolute Gasteiger partial charge is 0.461 e. The van der Waals surface area contributed by atoms with E-state index >= 15 is 0 Å². The molecular weight excluding hydrogens is 438 g/mol. The number of hydrogen-bond donors (Lipinski definition) is 1. The summed E-state index contributed by atoms with van der Waals surface area (Å²) >= 11 is 1.33. The van der Waals surface area contributed by atoms with Gasteiger partial charge in [-0.2, -0.15) is 8.78 Å². The summed E-state index contributed by atoms with van der Waals surface area (Å²) in [6, 6.07) is 9.74. The zero-order valence-corrected chi connectivity index (χ0v) is 18.4. The van der Waals surface area contributed by atoms with Crippen LogP contribution in [0.5, 0.6) is 5.75 Å². The predicted molar refractivity (Wildman–Crippen MR) is 117 cm³/mol. The van der Waals surface area contributed by atoms with Crippen molar-refractivity contribution in [1.82, 2.24) is 14.8 Å². The molecular formula is C22H24F2N4O3S. The van der Waals surface area contributed by atoms with Crippen LogP contribution in [0.15, 0.2) is 52.2 Å². The van der Waals surface area contributed by atoms with Gasteiger partial charge >= 0.3 is 6.61 Å². The lowest BCUT2D eigenvalue weighted by molar-refractivity contribution is -0.115. The van der Waals surface area contributed by atoms with Gasteiger partial charge in [-0.1, -0.05) is 31.0 Å². The number of alkyl halides is 2. The Morgan fingerprint density at radius 3 is 2.59 bits per heavy atom. The summed E-state index contributed by atoms with van der Waals surface area (Å²) in [5.41, 5.74) is 0.495. The number of aromatic nitrogens is 3. The molecule has 0 saturated heterocycles. The second-order valence-corrected chi connectivity index (χ2v) is 8.91. The molecule has 1 N–H and O–H groups in total. The van der Waals surface area contributed by atoms with Gasteiger partial charge in [0.1, 0.15) is 5.75 Å². The molecule has 1 saturated carbocycles. The number of thioether (sulfide) groups is 1. The van der Waals surface area contributed by atoms with Crippen LogP contribution in [0, 0.1) is 0 Å². The van der Waals surface area contributed by atoms with Gasteiger partial charge in [0.25, 0.3) is 0 Å². The molecule has 1 aliphatic rings. The molecule has 1 unspecified atom stereocenters. The predicted octanol–water partition coefficient (Wildman–Crippen LogP) is 5.76. The average Bonchev–Trinajstić information content (AvgIpc) is 3.45. The molecule has 2 heterocycles. The van der Waals surface area contributed by atoms with Crippen molar-refractivity contribution in [3.63, 3.8) is 0 Å². The molecule has 32 heavy (non-hydrogen) atoms. The molecule has 1 aliphatic carbocycles. The van der Waals surface area contributed by atoms with E-state index in [9.17, 15) is 13.6 Å². The zero-order chi connectivity index (χ0) is 22.5. The van der Waals surface area contributed by atoms with Crippen molar-refractivity contribution in [2.45, 2.75) is 62.1 Å². The first-order valence-electron chi connectivity index (χ1n) is 10.5. The number of nitrogens with zero attached hydrogens (tertiary/aromatic N) is 3. The van der Waals surface area contributed by atoms with Gasteiger partial charge in [-0.15, -0.1) is 10.2 Å². The second-order valence-electron chi connectivity index (χ2n) is 7.60. The number of amides is 1. The number of carbonyl (C=O) groups is 1. The normalized spacial score (nSPS) is 15.6. The summed E-state index contributed by atoms with van der Waals surface area (Å²) in [7, 11) is 0. The van der Waals surface area contributed by atoms with E-state index in [2.05, 4.69) is 24.8 Å². The molecule has 3 aromatic rings. The van der Waals surface area contributed by atoms with Gasteiger partial charge in [0.15, 0.2) is 10.9 Å². The molecule has 7 nitrogen and oxygen atoms in total. The van der Waals surface area contributed by atoms with Crippen molar-refractivity contribution in [2.24, 2.45) is 0 Å². The summed E-state index contributed by atoms with van der Waals surface area (Å²) in [4.78, 5) is 12.7. The van der Waals surface area contributed by atoms with Crippen LogP contribution in [-0.2, 0) is 4.79 Å². The van der Waals surface area contributed by atoms with Gasteiger partial charge in [-0.25, -0.2) is 0 Å². The van der Waals surface area contributed by atoms with Crippen LogP contribution < -0.4 is 10.1 Å². The Hall–Kier alpha value is -2.88. The Balaban J connectivity index is 1.47. The lowest BCUT2D eigenvalue weighted by atomic mass is 9.95. The Labute approximate surface area is 188 Å². The van der Waals surface area contributed by atoms with Crippen molar-refractivity contribution < 1.29 is 22.7 Å². The Kier molecular flexibility index (Phi) is 7.09. The number of benzene rings is 1. The third-order valence-corrected chi connectivity index (χ3v) is 6.40. The topological polar surface area (TPSA) is 82.2 Å². The third kappa shape index (κ3) is 5.29. The molecule has 1 fully saturated rings. The molecule has 1 atom stereocenters. The van der Waals surface area contributed by atoms with E-state index in [1.807, 2.05) is 12.1 Å². The highest BCUT2D eigenvalue weighted by atomic mass is 32.2. The van der Waals surface area contributed by atoms with Gasteiger partial charge < -0.3 is 14.5 Å². The Morgan fingerprint density at radius 2 is 1.94 bits per heavy atom. The summed E-state index contributed by atoms with van der Waals surface area (Å²) in [5, 5.41) is 11.7. The van der Waals surface area contributed by atoms with Gasteiger partial charge in [-0.3, -0.25) is 9.36 Å². The standard InChI is InChI=1S/C22H24F2N4O3S/c1-14(20(29)25-15-9-11-17(12-10-15)31-21(23)24)32-22-27-26-19(18-8-5-13-30-18)28(22)16-6-3-2-4-7-16/h5,8-14,16,21H,2-4,6-7H2,1H3,(H,25,29). The first-order valence-corrected chi connectivity index (χ1v) is 11.4. The van der Waals surface area contributed by atoms with Crippen LogP contribution in [0.2, 0.25) is 0 Å². The number of furan rings is 1. The molecule has 0 bridgehead atoms. The quantitative estimate of drug-likeness (QED) is 0.428. The fourth-order valence-corrected chi connectivity index (χ4v) is 4.69. The molecule has 4 rings (SSSR count). The van der Waals surface area contributed by atoms with Crippen molar-refractivity contribution >= 4 is 23.4 Å². The summed E-state index contributed by atoms with van der Waals surface area (Å²) in [6.07, 6.45) is 7.18. The summed E-state index contributed by atoms with van der Waals surface area (Å²) in [5.74, 6) is 1.13. The van der Waals surface area contributed by atoms with E-state index in [1.54, 1.807) is 13.2 Å². The van der Waals surface area contributed by atoms with Crippen LogP contribution in [0.25, 0.3) is 11.6 Å². The number of nitrogens with one attached hydrogen (secondary N) is 1. The van der Waals surface area contributed by atoms with E-state index in [4.69, 9.17) is 4.42 Å². The SMILES string of the molecule is CC(Sc1nnc(-c2ccco2)n1C1CCCCC1)C(=O)Nc1ccc(OC(F)F)cc1.